The van der Waals surface area contributed by atoms with Crippen LogP contribution in [0.4, 0.5) is 5.82 Å². The third-order valence-corrected chi connectivity index (χ3v) is 2.34. The molecular formula is C10H13N3O4. The van der Waals surface area contributed by atoms with E-state index < -0.39 is 18.0 Å². The van der Waals surface area contributed by atoms with E-state index in [0.29, 0.717) is 5.82 Å². The third-order valence-electron chi connectivity index (χ3n) is 2.34. The van der Waals surface area contributed by atoms with Gasteiger partial charge in [0.1, 0.15) is 6.04 Å². The number of methoxy groups -OCH3 is 1. The zero-order chi connectivity index (χ0) is 13.0. The molecule has 0 radical (unpaired) electrons. The molecule has 1 heterocycles. The molecular weight excluding hydrogens is 226 g/mol. The number of esters is 1. The van der Waals surface area contributed by atoms with Crippen LogP contribution in [-0.4, -0.2) is 47.4 Å². The highest BCUT2D eigenvalue weighted by atomic mass is 16.5. The number of aromatic nitrogens is 2. The lowest BCUT2D eigenvalue weighted by molar-refractivity contribution is -0.138. The maximum atomic E-state index is 11.1. The minimum Gasteiger partial charge on any atom is -0.480 e. The number of ether oxygens (including phenoxy) is 1. The summed E-state index contributed by atoms with van der Waals surface area (Å²) in [5, 5.41) is 16.2. The van der Waals surface area contributed by atoms with Crippen LogP contribution < -0.4 is 4.90 Å². The first-order valence-electron chi connectivity index (χ1n) is 4.85. The quantitative estimate of drug-likeness (QED) is 0.748. The number of carboxylic acids is 1. The van der Waals surface area contributed by atoms with Crippen LogP contribution in [0, 0.1) is 0 Å². The molecule has 0 bridgehead atoms. The summed E-state index contributed by atoms with van der Waals surface area (Å²) >= 11 is 0. The SMILES string of the molecule is COC(=O)c1ccc(N(C)C(C)C(=O)O)nn1. The Morgan fingerprint density at radius 1 is 1.41 bits per heavy atom. The second-order valence-corrected chi connectivity index (χ2v) is 3.39. The van der Waals surface area contributed by atoms with E-state index in [9.17, 15) is 9.59 Å². The number of nitrogens with zero attached hydrogens (tertiary/aromatic N) is 3. The van der Waals surface area contributed by atoms with Crippen molar-refractivity contribution < 1.29 is 19.4 Å². The third kappa shape index (κ3) is 2.90. The highest BCUT2D eigenvalue weighted by Gasteiger charge is 2.19. The van der Waals surface area contributed by atoms with Gasteiger partial charge in [-0.3, -0.25) is 0 Å². The molecule has 0 aliphatic carbocycles. The van der Waals surface area contributed by atoms with Crippen LogP contribution in [0.3, 0.4) is 0 Å². The Labute approximate surface area is 98.0 Å². The van der Waals surface area contributed by atoms with Crippen molar-refractivity contribution in [1.82, 2.24) is 10.2 Å². The summed E-state index contributed by atoms with van der Waals surface area (Å²) in [6.07, 6.45) is 0. The van der Waals surface area contributed by atoms with Gasteiger partial charge in [0, 0.05) is 7.05 Å². The van der Waals surface area contributed by atoms with Gasteiger partial charge in [0.15, 0.2) is 11.5 Å². The predicted molar refractivity (Wildman–Crippen MR) is 58.9 cm³/mol. The van der Waals surface area contributed by atoms with Crippen LogP contribution in [0.25, 0.3) is 0 Å². The Bertz CT molecular complexity index is 418. The Hall–Kier alpha value is -2.18. The van der Waals surface area contributed by atoms with E-state index in [1.807, 2.05) is 0 Å². The van der Waals surface area contributed by atoms with Crippen molar-refractivity contribution in [2.75, 3.05) is 19.1 Å². The fourth-order valence-electron chi connectivity index (χ4n) is 1.09. The van der Waals surface area contributed by atoms with Crippen molar-refractivity contribution in [3.63, 3.8) is 0 Å². The summed E-state index contributed by atoms with van der Waals surface area (Å²) in [6.45, 7) is 1.53. The van der Waals surface area contributed by atoms with E-state index >= 15 is 0 Å². The van der Waals surface area contributed by atoms with Crippen LogP contribution >= 0.6 is 0 Å². The molecule has 92 valence electrons. The van der Waals surface area contributed by atoms with E-state index in [1.165, 1.54) is 31.1 Å². The van der Waals surface area contributed by atoms with E-state index in [-0.39, 0.29) is 5.69 Å². The zero-order valence-electron chi connectivity index (χ0n) is 9.75. The molecule has 1 aromatic rings. The molecule has 0 aliphatic heterocycles. The minimum atomic E-state index is -0.966. The molecule has 7 nitrogen and oxygen atoms in total. The number of anilines is 1. The molecule has 1 aromatic heterocycles. The standard InChI is InChI=1S/C10H13N3O4/c1-6(9(14)15)13(2)8-5-4-7(11-12-8)10(16)17-3/h4-6H,1-3H3,(H,14,15). The zero-order valence-corrected chi connectivity index (χ0v) is 9.75. The smallest absolute Gasteiger partial charge is 0.358 e. The fraction of sp³-hybridized carbons (Fsp3) is 0.400. The summed E-state index contributed by atoms with van der Waals surface area (Å²) in [7, 11) is 2.83. The number of carbonyl (C=O) groups excluding carboxylic acids is 1. The van der Waals surface area contributed by atoms with Crippen molar-refractivity contribution >= 4 is 17.8 Å². The Morgan fingerprint density at radius 3 is 2.47 bits per heavy atom. The van der Waals surface area contributed by atoms with Gasteiger partial charge in [0.2, 0.25) is 0 Å². The lowest BCUT2D eigenvalue weighted by atomic mass is 10.3. The molecule has 0 aliphatic rings. The second-order valence-electron chi connectivity index (χ2n) is 3.39. The molecule has 0 fully saturated rings. The Kier molecular flexibility index (Phi) is 3.97. The summed E-state index contributed by atoms with van der Waals surface area (Å²) < 4.78 is 4.47. The van der Waals surface area contributed by atoms with E-state index in [1.54, 1.807) is 7.05 Å². The van der Waals surface area contributed by atoms with Crippen molar-refractivity contribution in [3.05, 3.63) is 17.8 Å². The van der Waals surface area contributed by atoms with Gasteiger partial charge in [-0.2, -0.15) is 0 Å². The molecule has 0 spiro atoms. The van der Waals surface area contributed by atoms with Crippen molar-refractivity contribution in [3.8, 4) is 0 Å². The first-order chi connectivity index (χ1) is 7.97. The molecule has 0 saturated carbocycles. The van der Waals surface area contributed by atoms with Crippen LogP contribution in [-0.2, 0) is 9.53 Å². The molecule has 1 unspecified atom stereocenters. The minimum absolute atomic E-state index is 0.0765. The Balaban J connectivity index is 2.87. The largest absolute Gasteiger partial charge is 0.480 e. The molecule has 7 heteroatoms. The highest BCUT2D eigenvalue weighted by Crippen LogP contribution is 2.11. The van der Waals surface area contributed by atoms with Crippen molar-refractivity contribution in [2.45, 2.75) is 13.0 Å². The van der Waals surface area contributed by atoms with Gasteiger partial charge in [-0.15, -0.1) is 10.2 Å². The lowest BCUT2D eigenvalue weighted by Crippen LogP contribution is -2.36. The van der Waals surface area contributed by atoms with Gasteiger partial charge in [-0.05, 0) is 19.1 Å². The molecule has 1 rings (SSSR count). The normalized spacial score (nSPS) is 11.7. The average molecular weight is 239 g/mol. The van der Waals surface area contributed by atoms with Crippen LogP contribution in [0.1, 0.15) is 17.4 Å². The van der Waals surface area contributed by atoms with Crippen LogP contribution in [0.5, 0.6) is 0 Å². The van der Waals surface area contributed by atoms with E-state index in [0.717, 1.165) is 0 Å². The van der Waals surface area contributed by atoms with Gasteiger partial charge in [-0.1, -0.05) is 0 Å². The van der Waals surface area contributed by atoms with E-state index in [2.05, 4.69) is 14.9 Å². The molecule has 0 amide bonds. The number of rotatable bonds is 4. The number of aliphatic carboxylic acids is 1. The van der Waals surface area contributed by atoms with Gasteiger partial charge >= 0.3 is 11.9 Å². The maximum Gasteiger partial charge on any atom is 0.358 e. The number of hydrogen-bond donors (Lipinski definition) is 1. The summed E-state index contributed by atoms with van der Waals surface area (Å²) in [6, 6.07) is 2.21. The molecule has 0 saturated heterocycles. The van der Waals surface area contributed by atoms with Gasteiger partial charge in [0.25, 0.3) is 0 Å². The van der Waals surface area contributed by atoms with Gasteiger partial charge in [0.05, 0.1) is 7.11 Å². The number of likely N-dealkylation sites (N-methyl/N-ethyl adjacent to an activating group) is 1. The first kappa shape index (κ1) is 12.9. The van der Waals surface area contributed by atoms with Crippen molar-refractivity contribution in [1.29, 1.82) is 0 Å². The maximum absolute atomic E-state index is 11.1. The fourth-order valence-corrected chi connectivity index (χ4v) is 1.09. The molecule has 1 N–H and O–H groups in total. The number of carbonyl (C=O) groups is 2. The second kappa shape index (κ2) is 5.24. The van der Waals surface area contributed by atoms with Crippen LogP contribution in [0.15, 0.2) is 12.1 Å². The number of hydrogen-bond acceptors (Lipinski definition) is 6. The topological polar surface area (TPSA) is 92.6 Å². The molecule has 17 heavy (non-hydrogen) atoms. The van der Waals surface area contributed by atoms with Gasteiger partial charge < -0.3 is 14.7 Å². The summed E-state index contributed by atoms with van der Waals surface area (Å²) in [5.41, 5.74) is 0.0765. The van der Waals surface area contributed by atoms with Gasteiger partial charge in [-0.25, -0.2) is 9.59 Å². The molecule has 1 atom stereocenters. The summed E-state index contributed by atoms with van der Waals surface area (Å²) in [4.78, 5) is 23.3. The van der Waals surface area contributed by atoms with E-state index in [4.69, 9.17) is 5.11 Å². The lowest BCUT2D eigenvalue weighted by Gasteiger charge is -2.21. The summed E-state index contributed by atoms with van der Waals surface area (Å²) in [5.74, 6) is -1.18. The Morgan fingerprint density at radius 2 is 2.06 bits per heavy atom. The first-order valence-corrected chi connectivity index (χ1v) is 4.85. The van der Waals surface area contributed by atoms with Crippen LogP contribution in [0.2, 0.25) is 0 Å². The monoisotopic (exact) mass is 239 g/mol. The predicted octanol–water partition coefficient (Wildman–Crippen LogP) is 0.172. The number of carboxylic acid groups (broad SMARTS) is 1. The van der Waals surface area contributed by atoms with Crippen molar-refractivity contribution in [2.24, 2.45) is 0 Å². The average Bonchev–Trinajstić information content (AvgIpc) is 2.36. The highest BCUT2D eigenvalue weighted by molar-refractivity contribution is 5.87. The molecule has 0 aromatic carbocycles.